The Balaban J connectivity index is 3.03. The van der Waals surface area contributed by atoms with E-state index in [9.17, 15) is 4.79 Å². The molecule has 0 bridgehead atoms. The number of rotatable bonds is 1. The highest BCUT2D eigenvalue weighted by atomic mass is 16.1. The van der Waals surface area contributed by atoms with Crippen molar-refractivity contribution < 1.29 is 4.79 Å². The zero-order valence-electron chi connectivity index (χ0n) is 7.85. The lowest BCUT2D eigenvalue weighted by molar-refractivity contribution is -0.112. The summed E-state index contributed by atoms with van der Waals surface area (Å²) < 4.78 is 0. The molecule has 0 aliphatic heterocycles. The van der Waals surface area contributed by atoms with Crippen LogP contribution < -0.4 is 5.32 Å². The maximum Gasteiger partial charge on any atom is 0.182 e. The topological polar surface area (TPSA) is 29.1 Å². The highest BCUT2D eigenvalue weighted by molar-refractivity contribution is 6.05. The number of hydrogen-bond donors (Lipinski definition) is 1. The maximum atomic E-state index is 11.2. The minimum absolute atomic E-state index is 0.0141. The van der Waals surface area contributed by atoms with Crippen molar-refractivity contribution >= 4 is 5.78 Å². The van der Waals surface area contributed by atoms with Crippen LogP contribution in [0.1, 0.15) is 13.8 Å². The van der Waals surface area contributed by atoms with E-state index in [1.54, 1.807) is 6.08 Å². The number of ketones is 1. The predicted octanol–water partition coefficient (Wildman–Crippen LogP) is 1.30. The molecule has 1 aliphatic rings. The number of likely N-dealkylation sites (N-methyl/N-ethyl adjacent to an activating group) is 1. The normalized spacial score (nSPS) is 27.8. The molecule has 1 aliphatic carbocycles. The summed E-state index contributed by atoms with van der Waals surface area (Å²) in [5.74, 6) is 0.0358. The molecule has 0 aromatic carbocycles. The molecule has 12 heavy (non-hydrogen) atoms. The number of hydrogen-bond acceptors (Lipinski definition) is 2. The molecule has 0 amide bonds. The monoisotopic (exact) mass is 165 g/mol. The van der Waals surface area contributed by atoms with Gasteiger partial charge in [-0.2, -0.15) is 0 Å². The van der Waals surface area contributed by atoms with Gasteiger partial charge in [0.2, 0.25) is 0 Å². The van der Waals surface area contributed by atoms with Crippen molar-refractivity contribution in [1.29, 1.82) is 0 Å². The number of carbonyl (C=O) groups is 1. The van der Waals surface area contributed by atoms with Gasteiger partial charge >= 0.3 is 0 Å². The molecule has 0 saturated carbocycles. The minimum Gasteiger partial charge on any atom is -0.312 e. The van der Waals surface area contributed by atoms with Gasteiger partial charge in [-0.05, 0) is 13.1 Å². The van der Waals surface area contributed by atoms with E-state index in [1.165, 1.54) is 0 Å². The minimum atomic E-state index is -0.0141. The molecular formula is C10H15NO. The Morgan fingerprint density at radius 2 is 2.17 bits per heavy atom. The Kier molecular flexibility index (Phi) is 2.20. The fourth-order valence-corrected chi connectivity index (χ4v) is 1.63. The van der Waals surface area contributed by atoms with Gasteiger partial charge in [0.15, 0.2) is 5.78 Å². The molecule has 0 saturated heterocycles. The molecule has 0 radical (unpaired) electrons. The average Bonchev–Trinajstić information content (AvgIpc) is 1.99. The summed E-state index contributed by atoms with van der Waals surface area (Å²) >= 11 is 0. The van der Waals surface area contributed by atoms with Crippen LogP contribution in [0, 0.1) is 5.41 Å². The smallest absolute Gasteiger partial charge is 0.182 e. The van der Waals surface area contributed by atoms with E-state index in [2.05, 4.69) is 25.7 Å². The highest BCUT2D eigenvalue weighted by Gasteiger charge is 2.33. The van der Waals surface area contributed by atoms with E-state index in [1.807, 2.05) is 13.1 Å². The van der Waals surface area contributed by atoms with Crippen molar-refractivity contribution in [2.24, 2.45) is 5.41 Å². The van der Waals surface area contributed by atoms with E-state index in [0.29, 0.717) is 5.57 Å². The first-order chi connectivity index (χ1) is 5.49. The Morgan fingerprint density at radius 1 is 1.58 bits per heavy atom. The summed E-state index contributed by atoms with van der Waals surface area (Å²) in [5, 5.41) is 3.10. The van der Waals surface area contributed by atoms with Crippen LogP contribution in [0.4, 0.5) is 0 Å². The summed E-state index contributed by atoms with van der Waals surface area (Å²) in [7, 11) is 1.85. The lowest BCUT2D eigenvalue weighted by Crippen LogP contribution is -2.44. The summed E-state index contributed by atoms with van der Waals surface area (Å²) in [6.07, 6.45) is 3.54. The fourth-order valence-electron chi connectivity index (χ4n) is 1.63. The molecule has 0 spiro atoms. The van der Waals surface area contributed by atoms with Gasteiger partial charge in [-0.3, -0.25) is 4.79 Å². The van der Waals surface area contributed by atoms with Gasteiger partial charge in [-0.1, -0.05) is 26.5 Å². The lowest BCUT2D eigenvalue weighted by Gasteiger charge is -2.34. The molecule has 2 heteroatoms. The quantitative estimate of drug-likeness (QED) is 0.593. The molecule has 0 fully saturated rings. The van der Waals surface area contributed by atoms with Crippen LogP contribution in [0.2, 0.25) is 0 Å². The van der Waals surface area contributed by atoms with E-state index >= 15 is 0 Å². The average molecular weight is 165 g/mol. The predicted molar refractivity (Wildman–Crippen MR) is 49.9 cm³/mol. The Labute approximate surface area is 73.4 Å². The van der Waals surface area contributed by atoms with Crippen LogP contribution in [-0.4, -0.2) is 18.9 Å². The van der Waals surface area contributed by atoms with Crippen molar-refractivity contribution in [3.8, 4) is 0 Å². The van der Waals surface area contributed by atoms with E-state index < -0.39 is 0 Å². The van der Waals surface area contributed by atoms with Crippen LogP contribution in [0.25, 0.3) is 0 Å². The zero-order chi connectivity index (χ0) is 9.35. The molecule has 1 N–H and O–H groups in total. The number of nitrogens with one attached hydrogen (secondary N) is 1. The summed E-state index contributed by atoms with van der Waals surface area (Å²) in [5.41, 5.74) is 0.643. The van der Waals surface area contributed by atoms with E-state index in [4.69, 9.17) is 0 Å². The molecule has 1 atom stereocenters. The van der Waals surface area contributed by atoms with Gasteiger partial charge in [-0.15, -0.1) is 0 Å². The molecule has 0 aromatic heterocycles. The van der Waals surface area contributed by atoms with Gasteiger partial charge in [0.25, 0.3) is 0 Å². The second kappa shape index (κ2) is 2.87. The molecule has 0 heterocycles. The van der Waals surface area contributed by atoms with Crippen LogP contribution in [0.3, 0.4) is 0 Å². The van der Waals surface area contributed by atoms with Gasteiger partial charge < -0.3 is 5.32 Å². The van der Waals surface area contributed by atoms with Crippen molar-refractivity contribution in [3.63, 3.8) is 0 Å². The second-order valence-electron chi connectivity index (χ2n) is 3.77. The van der Waals surface area contributed by atoms with Gasteiger partial charge in [-0.25, -0.2) is 0 Å². The number of allylic oxidation sites excluding steroid dienone is 1. The molecule has 1 unspecified atom stereocenters. The fraction of sp³-hybridized carbons (Fsp3) is 0.500. The molecule has 0 aromatic rings. The summed E-state index contributed by atoms with van der Waals surface area (Å²) in [6.45, 7) is 7.95. The third-order valence-electron chi connectivity index (χ3n) is 2.36. The van der Waals surface area contributed by atoms with E-state index in [0.717, 1.165) is 0 Å². The standard InChI is InChI=1S/C10H15NO/c1-7-8(12)5-6-10(2,3)9(7)11-4/h5-6,9,11H,1H2,2-4H3. The molecular weight excluding hydrogens is 150 g/mol. The van der Waals surface area contributed by atoms with Crippen LogP contribution >= 0.6 is 0 Å². The molecule has 66 valence electrons. The lowest BCUT2D eigenvalue weighted by atomic mass is 9.75. The Bertz CT molecular complexity index is 251. The largest absolute Gasteiger partial charge is 0.312 e. The SMILES string of the molecule is C=C1C(=O)C=CC(C)(C)C1NC. The second-order valence-corrected chi connectivity index (χ2v) is 3.77. The van der Waals surface area contributed by atoms with Crippen LogP contribution in [0.15, 0.2) is 24.3 Å². The van der Waals surface area contributed by atoms with Crippen molar-refractivity contribution in [2.45, 2.75) is 19.9 Å². The molecule has 1 rings (SSSR count). The molecule has 2 nitrogen and oxygen atoms in total. The van der Waals surface area contributed by atoms with Crippen molar-refractivity contribution in [2.75, 3.05) is 7.05 Å². The first-order valence-corrected chi connectivity index (χ1v) is 4.08. The Morgan fingerprint density at radius 3 is 2.58 bits per heavy atom. The number of carbonyl (C=O) groups excluding carboxylic acids is 1. The maximum absolute atomic E-state index is 11.2. The third-order valence-corrected chi connectivity index (χ3v) is 2.36. The van der Waals surface area contributed by atoms with E-state index in [-0.39, 0.29) is 17.2 Å². The summed E-state index contributed by atoms with van der Waals surface area (Å²) in [6, 6.07) is 0.0648. The zero-order valence-corrected chi connectivity index (χ0v) is 7.85. The Hall–Kier alpha value is -0.890. The first-order valence-electron chi connectivity index (χ1n) is 4.08. The van der Waals surface area contributed by atoms with Crippen LogP contribution in [-0.2, 0) is 4.79 Å². The van der Waals surface area contributed by atoms with Crippen LogP contribution in [0.5, 0.6) is 0 Å². The van der Waals surface area contributed by atoms with Gasteiger partial charge in [0.05, 0.1) is 0 Å². The first kappa shape index (κ1) is 9.20. The van der Waals surface area contributed by atoms with Crippen molar-refractivity contribution in [3.05, 3.63) is 24.3 Å². The highest BCUT2D eigenvalue weighted by Crippen LogP contribution is 2.30. The van der Waals surface area contributed by atoms with Crippen molar-refractivity contribution in [1.82, 2.24) is 5.32 Å². The van der Waals surface area contributed by atoms with Gasteiger partial charge in [0.1, 0.15) is 0 Å². The van der Waals surface area contributed by atoms with Gasteiger partial charge in [0, 0.05) is 17.0 Å². The summed E-state index contributed by atoms with van der Waals surface area (Å²) in [4.78, 5) is 11.2. The third kappa shape index (κ3) is 1.34.